The summed E-state index contributed by atoms with van der Waals surface area (Å²) in [6.07, 6.45) is 8.43. The first kappa shape index (κ1) is 18.7. The summed E-state index contributed by atoms with van der Waals surface area (Å²) in [4.78, 5) is 5.15. The van der Waals surface area contributed by atoms with Crippen LogP contribution in [-0.2, 0) is 12.8 Å². The quantitative estimate of drug-likeness (QED) is 0.622. The highest BCUT2D eigenvalue weighted by Crippen LogP contribution is 2.38. The maximum Gasteiger partial charge on any atom is 0.0202 e. The molecule has 2 aromatic carbocycles. The molecule has 0 saturated heterocycles. The normalized spacial score (nSPS) is 17.8. The average Bonchev–Trinajstić information content (AvgIpc) is 3.32. The van der Waals surface area contributed by atoms with E-state index in [1.165, 1.54) is 67.7 Å². The summed E-state index contributed by atoms with van der Waals surface area (Å²) < 4.78 is 0. The molecule has 150 valence electrons. The molecule has 0 fully saturated rings. The Labute approximate surface area is 175 Å². The topological polar surface area (TPSA) is 6.48 Å². The number of aryl methyl sites for hydroxylation is 1. The number of nitrogens with zero attached hydrogens (tertiary/aromatic N) is 2. The first-order valence-corrected chi connectivity index (χ1v) is 11.2. The molecule has 0 amide bonds. The summed E-state index contributed by atoms with van der Waals surface area (Å²) >= 11 is 0. The average molecular weight is 385 g/mol. The van der Waals surface area contributed by atoms with E-state index in [1.54, 1.807) is 22.3 Å². The van der Waals surface area contributed by atoms with Crippen molar-refractivity contribution in [1.82, 2.24) is 9.80 Å². The van der Waals surface area contributed by atoms with Crippen LogP contribution in [0.1, 0.15) is 47.1 Å². The Morgan fingerprint density at radius 2 is 1.90 bits per heavy atom. The molecule has 0 saturated carbocycles. The minimum atomic E-state index is 1.09. The molecule has 0 radical (unpaired) electrons. The van der Waals surface area contributed by atoms with Crippen LogP contribution >= 0.6 is 0 Å². The molecule has 0 spiro atoms. The van der Waals surface area contributed by atoms with Gasteiger partial charge in [0, 0.05) is 38.8 Å². The van der Waals surface area contributed by atoms with Gasteiger partial charge < -0.3 is 4.90 Å². The lowest BCUT2D eigenvalue weighted by molar-refractivity contribution is 0.279. The van der Waals surface area contributed by atoms with Crippen molar-refractivity contribution < 1.29 is 0 Å². The molecule has 1 heterocycles. The van der Waals surface area contributed by atoms with Crippen molar-refractivity contribution in [2.45, 2.75) is 39.0 Å². The summed E-state index contributed by atoms with van der Waals surface area (Å²) in [6, 6.07) is 15.8. The fourth-order valence-corrected chi connectivity index (χ4v) is 5.26. The van der Waals surface area contributed by atoms with E-state index in [2.05, 4.69) is 72.3 Å². The fraction of sp³-hybridized carbons (Fsp3) is 0.407. The lowest BCUT2D eigenvalue weighted by Crippen LogP contribution is -2.32. The molecule has 2 aromatic rings. The Kier molecular flexibility index (Phi) is 5.05. The third-order valence-electron chi connectivity index (χ3n) is 6.97. The van der Waals surface area contributed by atoms with Gasteiger partial charge in [-0.2, -0.15) is 0 Å². The molecule has 5 rings (SSSR count). The second-order valence-corrected chi connectivity index (χ2v) is 9.09. The third kappa shape index (κ3) is 3.79. The van der Waals surface area contributed by atoms with Gasteiger partial charge in [-0.05, 0) is 78.6 Å². The monoisotopic (exact) mass is 384 g/mol. The van der Waals surface area contributed by atoms with Crippen molar-refractivity contribution in [1.29, 1.82) is 0 Å². The Balaban J connectivity index is 1.09. The van der Waals surface area contributed by atoms with Crippen LogP contribution in [0.2, 0.25) is 0 Å². The molecule has 0 bridgehead atoms. The van der Waals surface area contributed by atoms with Crippen molar-refractivity contribution in [2.24, 2.45) is 0 Å². The summed E-state index contributed by atoms with van der Waals surface area (Å²) in [5.41, 5.74) is 12.2. The lowest BCUT2D eigenvalue weighted by atomic mass is 9.98. The Bertz CT molecular complexity index is 982. The second kappa shape index (κ2) is 7.84. The van der Waals surface area contributed by atoms with Gasteiger partial charge >= 0.3 is 0 Å². The highest BCUT2D eigenvalue weighted by atomic mass is 15.1. The minimum Gasteiger partial charge on any atom is -0.378 e. The van der Waals surface area contributed by atoms with Gasteiger partial charge in [0.2, 0.25) is 0 Å². The van der Waals surface area contributed by atoms with E-state index in [-0.39, 0.29) is 0 Å². The van der Waals surface area contributed by atoms with Crippen molar-refractivity contribution in [3.05, 3.63) is 81.6 Å². The Hall–Kier alpha value is -2.32. The van der Waals surface area contributed by atoms with E-state index < -0.39 is 0 Å². The molecule has 2 nitrogen and oxygen atoms in total. The van der Waals surface area contributed by atoms with Gasteiger partial charge in [0.15, 0.2) is 0 Å². The van der Waals surface area contributed by atoms with E-state index in [1.807, 2.05) is 0 Å². The van der Waals surface area contributed by atoms with Crippen molar-refractivity contribution >= 4 is 11.6 Å². The van der Waals surface area contributed by atoms with Crippen molar-refractivity contribution in [2.75, 3.05) is 33.2 Å². The first-order chi connectivity index (χ1) is 14.2. The molecule has 3 aliphatic rings. The van der Waals surface area contributed by atoms with E-state index in [9.17, 15) is 0 Å². The molecule has 0 aromatic heterocycles. The predicted octanol–water partition coefficient (Wildman–Crippen LogP) is 5.32. The van der Waals surface area contributed by atoms with Gasteiger partial charge in [-0.15, -0.1) is 0 Å². The van der Waals surface area contributed by atoms with Crippen LogP contribution in [0, 0.1) is 6.92 Å². The Morgan fingerprint density at radius 3 is 2.79 bits per heavy atom. The molecule has 0 N–H and O–H groups in total. The number of benzene rings is 2. The molecule has 2 heteroatoms. The molecule has 0 atom stereocenters. The van der Waals surface area contributed by atoms with Gasteiger partial charge in [-0.3, -0.25) is 4.90 Å². The van der Waals surface area contributed by atoms with E-state index in [4.69, 9.17) is 0 Å². The standard InChI is InChI=1S/C27H32N2/c1-20-9-10-23-16-24-19-29(14-11-26(24)27(23)15-20)13-6-5-12-28(2)25-17-21-7-3-4-8-22(21)18-25/h3-4,7-10,15,17H,5-6,11-14,16,18-19H2,1-2H3. The summed E-state index contributed by atoms with van der Waals surface area (Å²) in [5.74, 6) is 0. The largest absolute Gasteiger partial charge is 0.378 e. The number of unbranched alkanes of at least 4 members (excludes halogenated alkanes) is 1. The highest BCUT2D eigenvalue weighted by Gasteiger charge is 2.26. The fourth-order valence-electron chi connectivity index (χ4n) is 5.26. The first-order valence-electron chi connectivity index (χ1n) is 11.2. The van der Waals surface area contributed by atoms with Gasteiger partial charge in [0.1, 0.15) is 0 Å². The molecule has 2 aliphatic carbocycles. The van der Waals surface area contributed by atoms with Crippen molar-refractivity contribution in [3.63, 3.8) is 0 Å². The maximum atomic E-state index is 2.68. The molecular formula is C27H32N2. The van der Waals surface area contributed by atoms with Crippen LogP contribution < -0.4 is 0 Å². The van der Waals surface area contributed by atoms with Gasteiger partial charge in [0.05, 0.1) is 0 Å². The van der Waals surface area contributed by atoms with Crippen LogP contribution in [0.25, 0.3) is 11.6 Å². The number of likely N-dealkylation sites (N-methyl/N-ethyl adjacent to an activating group) is 1. The van der Waals surface area contributed by atoms with Gasteiger partial charge in [0.25, 0.3) is 0 Å². The number of hydrogen-bond acceptors (Lipinski definition) is 2. The lowest BCUT2D eigenvalue weighted by Gasteiger charge is -2.29. The minimum absolute atomic E-state index is 1.09. The van der Waals surface area contributed by atoms with Crippen LogP contribution in [0.15, 0.2) is 53.7 Å². The smallest absolute Gasteiger partial charge is 0.0202 e. The molecular weight excluding hydrogens is 352 g/mol. The van der Waals surface area contributed by atoms with Crippen molar-refractivity contribution in [3.8, 4) is 0 Å². The Morgan fingerprint density at radius 1 is 1.00 bits per heavy atom. The number of hydrogen-bond donors (Lipinski definition) is 0. The SMILES string of the molecule is Cc1ccc2c(c1)C1=C(C2)CN(CCCCN(C)C2=Cc3ccccc3C2)CC1. The van der Waals surface area contributed by atoms with E-state index in [0.29, 0.717) is 0 Å². The van der Waals surface area contributed by atoms with E-state index >= 15 is 0 Å². The van der Waals surface area contributed by atoms with Gasteiger partial charge in [-0.1, -0.05) is 48.0 Å². The second-order valence-electron chi connectivity index (χ2n) is 9.09. The van der Waals surface area contributed by atoms with Gasteiger partial charge in [-0.25, -0.2) is 0 Å². The summed E-state index contributed by atoms with van der Waals surface area (Å²) in [5, 5.41) is 0. The third-order valence-corrected chi connectivity index (χ3v) is 6.97. The summed E-state index contributed by atoms with van der Waals surface area (Å²) in [6.45, 7) is 7.01. The van der Waals surface area contributed by atoms with Crippen LogP contribution in [-0.4, -0.2) is 43.0 Å². The van der Waals surface area contributed by atoms with E-state index in [0.717, 1.165) is 13.0 Å². The zero-order valence-corrected chi connectivity index (χ0v) is 17.9. The number of allylic oxidation sites excluding steroid dienone is 1. The highest BCUT2D eigenvalue weighted by molar-refractivity contribution is 5.77. The van der Waals surface area contributed by atoms with Crippen LogP contribution in [0.3, 0.4) is 0 Å². The number of rotatable bonds is 6. The molecule has 0 unspecified atom stereocenters. The predicted molar refractivity (Wildman–Crippen MR) is 123 cm³/mol. The maximum absolute atomic E-state index is 2.68. The molecule has 1 aliphatic heterocycles. The summed E-state index contributed by atoms with van der Waals surface area (Å²) in [7, 11) is 2.26. The zero-order valence-electron chi connectivity index (χ0n) is 17.9. The van der Waals surface area contributed by atoms with Crippen LogP contribution in [0.4, 0.5) is 0 Å². The number of fused-ring (bicyclic) bond motifs is 3. The zero-order chi connectivity index (χ0) is 19.8. The molecule has 29 heavy (non-hydrogen) atoms. The van der Waals surface area contributed by atoms with Crippen LogP contribution in [0.5, 0.6) is 0 Å².